The van der Waals surface area contributed by atoms with Crippen LogP contribution < -0.4 is 0 Å². The summed E-state index contributed by atoms with van der Waals surface area (Å²) in [6.45, 7) is 3.15. The van der Waals surface area contributed by atoms with E-state index in [0.717, 1.165) is 13.1 Å². The average Bonchev–Trinajstić information content (AvgIpc) is 3.22. The Labute approximate surface area is 184 Å². The molecule has 0 radical (unpaired) electrons. The van der Waals surface area contributed by atoms with Gasteiger partial charge in [0.25, 0.3) is 5.82 Å². The number of esters is 1. The summed E-state index contributed by atoms with van der Waals surface area (Å²) in [6, 6.07) is 13.9. The number of benzene rings is 2. The summed E-state index contributed by atoms with van der Waals surface area (Å²) in [5.74, 6) is -0.400. The number of nitrogens with zero attached hydrogens (tertiary/aromatic N) is 4. The average molecular weight is 441 g/mol. The summed E-state index contributed by atoms with van der Waals surface area (Å²) in [5.41, 5.74) is 1.38. The predicted molar refractivity (Wildman–Crippen MR) is 114 cm³/mol. The lowest BCUT2D eigenvalue weighted by atomic mass is 10.0. The minimum absolute atomic E-state index is 0.0705. The van der Waals surface area contributed by atoms with Gasteiger partial charge in [-0.2, -0.15) is 0 Å². The van der Waals surface area contributed by atoms with E-state index < -0.39 is 5.97 Å². The molecule has 2 heterocycles. The molecule has 9 heteroatoms. The molecule has 1 fully saturated rings. The molecule has 8 nitrogen and oxygen atoms in total. The third kappa shape index (κ3) is 4.66. The quantitative estimate of drug-likeness (QED) is 0.430. The van der Waals surface area contributed by atoms with Crippen LogP contribution in [0.15, 0.2) is 48.5 Å². The highest BCUT2D eigenvalue weighted by Crippen LogP contribution is 2.24. The van der Waals surface area contributed by atoms with Gasteiger partial charge in [0.15, 0.2) is 5.78 Å². The van der Waals surface area contributed by atoms with Crippen LogP contribution in [0.4, 0.5) is 0 Å². The zero-order chi connectivity index (χ0) is 21.8. The first-order chi connectivity index (χ1) is 15.1. The first kappa shape index (κ1) is 21.2. The second kappa shape index (κ2) is 9.38. The second-order valence-electron chi connectivity index (χ2n) is 7.00. The molecule has 1 aliphatic rings. The Morgan fingerprint density at radius 1 is 1.13 bits per heavy atom. The minimum Gasteiger partial charge on any atom is -0.463 e. The Bertz CT molecular complexity index is 1090. The van der Waals surface area contributed by atoms with Crippen LogP contribution in [-0.2, 0) is 16.0 Å². The Morgan fingerprint density at radius 2 is 1.87 bits per heavy atom. The predicted octanol–water partition coefficient (Wildman–Crippen LogP) is 2.77. The Balaban J connectivity index is 1.80. The van der Waals surface area contributed by atoms with Crippen molar-refractivity contribution in [2.24, 2.45) is 0 Å². The Hall–Kier alpha value is -3.07. The van der Waals surface area contributed by atoms with Crippen molar-refractivity contribution in [1.29, 1.82) is 0 Å². The molecule has 1 saturated heterocycles. The summed E-state index contributed by atoms with van der Waals surface area (Å²) in [7, 11) is 1.28. The molecule has 4 rings (SSSR count). The molecular weight excluding hydrogens is 420 g/mol. The zero-order valence-electron chi connectivity index (χ0n) is 17.0. The molecule has 0 saturated carbocycles. The van der Waals surface area contributed by atoms with E-state index in [1.54, 1.807) is 42.5 Å². The van der Waals surface area contributed by atoms with Gasteiger partial charge in [-0.1, -0.05) is 41.9 Å². The molecule has 1 aliphatic heterocycles. The van der Waals surface area contributed by atoms with Crippen LogP contribution in [0.25, 0.3) is 5.69 Å². The maximum Gasteiger partial charge on any atom is 0.377 e. The summed E-state index contributed by atoms with van der Waals surface area (Å²) < 4.78 is 11.7. The topological polar surface area (TPSA) is 86.5 Å². The number of hydrogen-bond acceptors (Lipinski definition) is 7. The second-order valence-corrected chi connectivity index (χ2v) is 7.44. The van der Waals surface area contributed by atoms with Gasteiger partial charge in [0.2, 0.25) is 0 Å². The molecule has 0 N–H and O–H groups in total. The first-order valence-electron chi connectivity index (χ1n) is 9.81. The van der Waals surface area contributed by atoms with Crippen LogP contribution >= 0.6 is 11.6 Å². The third-order valence-corrected chi connectivity index (χ3v) is 5.21. The van der Waals surface area contributed by atoms with Crippen LogP contribution in [0.3, 0.4) is 0 Å². The number of halogens is 1. The SMILES string of the molecule is COC(=O)c1nc(CN2CCOCC2)n(-c2ccc(Cl)cc2C(=O)c2ccccc2)n1. The van der Waals surface area contributed by atoms with Gasteiger partial charge in [-0.15, -0.1) is 5.10 Å². The highest BCUT2D eigenvalue weighted by Gasteiger charge is 2.24. The Kier molecular flexibility index (Phi) is 6.41. The van der Waals surface area contributed by atoms with E-state index in [2.05, 4.69) is 15.0 Å². The van der Waals surface area contributed by atoms with Crippen LogP contribution in [0, 0.1) is 0 Å². The van der Waals surface area contributed by atoms with Gasteiger partial charge in [-0.3, -0.25) is 9.69 Å². The maximum absolute atomic E-state index is 13.3. The molecule has 2 aromatic carbocycles. The monoisotopic (exact) mass is 440 g/mol. The number of carbonyl (C=O) groups excluding carboxylic acids is 2. The van der Waals surface area contributed by atoms with Gasteiger partial charge >= 0.3 is 5.97 Å². The van der Waals surface area contributed by atoms with Gasteiger partial charge in [0.05, 0.1) is 32.6 Å². The number of ether oxygens (including phenoxy) is 2. The van der Waals surface area contributed by atoms with Crippen molar-refractivity contribution >= 4 is 23.4 Å². The highest BCUT2D eigenvalue weighted by molar-refractivity contribution is 6.31. The summed E-state index contributed by atoms with van der Waals surface area (Å²) in [6.07, 6.45) is 0. The van der Waals surface area contributed by atoms with Crippen molar-refractivity contribution in [3.8, 4) is 5.69 Å². The number of ketones is 1. The number of hydrogen-bond donors (Lipinski definition) is 0. The standard InChI is InChI=1S/C22H21ClN4O4/c1-30-22(29)21-24-19(14-26-9-11-31-12-10-26)27(25-21)18-8-7-16(23)13-17(18)20(28)15-5-3-2-4-6-15/h2-8,13H,9-12,14H2,1H3. The zero-order valence-corrected chi connectivity index (χ0v) is 17.7. The number of carbonyl (C=O) groups is 2. The van der Waals surface area contributed by atoms with Crippen molar-refractivity contribution in [2.75, 3.05) is 33.4 Å². The fraction of sp³-hybridized carbons (Fsp3) is 0.273. The van der Waals surface area contributed by atoms with Crippen molar-refractivity contribution in [1.82, 2.24) is 19.7 Å². The number of rotatable bonds is 6. The van der Waals surface area contributed by atoms with Gasteiger partial charge in [-0.05, 0) is 18.2 Å². The molecule has 0 atom stereocenters. The molecule has 1 aromatic heterocycles. The highest BCUT2D eigenvalue weighted by atomic mass is 35.5. The Morgan fingerprint density at radius 3 is 2.58 bits per heavy atom. The number of methoxy groups -OCH3 is 1. The van der Waals surface area contributed by atoms with Crippen LogP contribution in [0.5, 0.6) is 0 Å². The van der Waals surface area contributed by atoms with Crippen LogP contribution in [-0.4, -0.2) is 64.8 Å². The molecule has 31 heavy (non-hydrogen) atoms. The first-order valence-corrected chi connectivity index (χ1v) is 10.2. The minimum atomic E-state index is -0.646. The third-order valence-electron chi connectivity index (χ3n) is 4.98. The largest absolute Gasteiger partial charge is 0.463 e. The van der Waals surface area contributed by atoms with Crippen LogP contribution in [0.1, 0.15) is 32.4 Å². The normalized spacial score (nSPS) is 14.4. The number of morpholine rings is 1. The molecule has 0 bridgehead atoms. The summed E-state index contributed by atoms with van der Waals surface area (Å²) in [4.78, 5) is 31.9. The van der Waals surface area contributed by atoms with E-state index in [9.17, 15) is 9.59 Å². The van der Waals surface area contributed by atoms with E-state index in [-0.39, 0.29) is 11.6 Å². The molecule has 0 aliphatic carbocycles. The van der Waals surface area contributed by atoms with Gasteiger partial charge in [0.1, 0.15) is 5.82 Å². The van der Waals surface area contributed by atoms with Crippen molar-refractivity contribution < 1.29 is 19.1 Å². The van der Waals surface area contributed by atoms with E-state index in [1.807, 2.05) is 6.07 Å². The van der Waals surface area contributed by atoms with Gasteiger partial charge in [-0.25, -0.2) is 14.5 Å². The maximum atomic E-state index is 13.3. The van der Waals surface area contributed by atoms with E-state index >= 15 is 0 Å². The lowest BCUT2D eigenvalue weighted by Crippen LogP contribution is -2.36. The van der Waals surface area contributed by atoms with E-state index in [1.165, 1.54) is 11.8 Å². The molecule has 3 aromatic rings. The summed E-state index contributed by atoms with van der Waals surface area (Å²) in [5, 5.41) is 4.78. The lowest BCUT2D eigenvalue weighted by Gasteiger charge is -2.26. The fourth-order valence-electron chi connectivity index (χ4n) is 3.40. The van der Waals surface area contributed by atoms with Crippen molar-refractivity contribution in [2.45, 2.75) is 6.54 Å². The molecule has 0 spiro atoms. The van der Waals surface area contributed by atoms with Gasteiger partial charge < -0.3 is 9.47 Å². The summed E-state index contributed by atoms with van der Waals surface area (Å²) >= 11 is 6.22. The molecular formula is C22H21ClN4O4. The molecule has 160 valence electrons. The molecule has 0 unspecified atom stereocenters. The fourth-order valence-corrected chi connectivity index (χ4v) is 3.57. The smallest absolute Gasteiger partial charge is 0.377 e. The number of aromatic nitrogens is 3. The van der Waals surface area contributed by atoms with Crippen molar-refractivity contribution in [3.05, 3.63) is 76.3 Å². The molecule has 0 amide bonds. The lowest BCUT2D eigenvalue weighted by molar-refractivity contribution is 0.0327. The van der Waals surface area contributed by atoms with Crippen LogP contribution in [0.2, 0.25) is 5.02 Å². The van der Waals surface area contributed by atoms with Crippen molar-refractivity contribution in [3.63, 3.8) is 0 Å². The van der Waals surface area contributed by atoms with Gasteiger partial charge in [0, 0.05) is 29.2 Å². The van der Waals surface area contributed by atoms with E-state index in [4.69, 9.17) is 21.1 Å². The van der Waals surface area contributed by atoms with E-state index in [0.29, 0.717) is 47.4 Å².